The summed E-state index contributed by atoms with van der Waals surface area (Å²) in [5.41, 5.74) is 0. The van der Waals surface area contributed by atoms with Gasteiger partial charge in [0.1, 0.15) is 6.10 Å². The number of carboxylic acids is 1. The molecule has 0 heterocycles. The lowest BCUT2D eigenvalue weighted by molar-refractivity contribution is -0.158. The number of carbonyl (C=O) groups excluding carboxylic acids is 1. The Labute approximate surface area is 199 Å². The maximum atomic E-state index is 12.6. The van der Waals surface area contributed by atoms with Crippen LogP contribution in [0.5, 0.6) is 0 Å². The molecular weight excluding hydrogens is 400 g/mol. The molecule has 1 N–H and O–H groups in total. The number of esters is 1. The van der Waals surface area contributed by atoms with Gasteiger partial charge in [-0.25, -0.2) is 0 Å². The molecule has 0 radical (unpaired) electrons. The minimum atomic E-state index is -0.877. The zero-order chi connectivity index (χ0) is 24.2. The second kappa shape index (κ2) is 20.5. The average Bonchev–Trinajstić information content (AvgIpc) is 2.75. The van der Waals surface area contributed by atoms with E-state index in [1.165, 1.54) is 44.9 Å². The molecule has 0 aromatic carbocycles. The van der Waals surface area contributed by atoms with Gasteiger partial charge in [0.15, 0.2) is 0 Å². The number of hydrogen-bond acceptors (Lipinski definition) is 3. The lowest BCUT2D eigenvalue weighted by Crippen LogP contribution is -2.29. The van der Waals surface area contributed by atoms with E-state index < -0.39 is 11.9 Å². The minimum absolute atomic E-state index is 0.00637. The number of rotatable bonds is 22. The average molecular weight is 455 g/mol. The Hall–Kier alpha value is -1.06. The molecule has 0 rings (SSSR count). The van der Waals surface area contributed by atoms with Crippen molar-refractivity contribution in [1.29, 1.82) is 0 Å². The Morgan fingerprint density at radius 3 is 1.75 bits per heavy atom. The molecule has 0 aliphatic carbocycles. The molecular formula is C28H54O4. The first-order chi connectivity index (χ1) is 15.3. The molecule has 0 amide bonds. The van der Waals surface area contributed by atoms with Gasteiger partial charge in [-0.15, -0.1) is 0 Å². The molecule has 0 spiro atoms. The number of carboxylic acid groups (broad SMARTS) is 1. The van der Waals surface area contributed by atoms with Crippen molar-refractivity contribution in [3.05, 3.63) is 0 Å². The molecule has 190 valence electrons. The Morgan fingerprint density at radius 1 is 0.719 bits per heavy atom. The van der Waals surface area contributed by atoms with Crippen molar-refractivity contribution in [2.45, 2.75) is 150 Å². The van der Waals surface area contributed by atoms with Gasteiger partial charge in [-0.05, 0) is 43.9 Å². The van der Waals surface area contributed by atoms with E-state index in [0.29, 0.717) is 12.3 Å². The molecule has 0 aliphatic rings. The van der Waals surface area contributed by atoms with Gasteiger partial charge in [0.25, 0.3) is 0 Å². The fourth-order valence-electron chi connectivity index (χ4n) is 4.47. The summed E-state index contributed by atoms with van der Waals surface area (Å²) >= 11 is 0. The highest BCUT2D eigenvalue weighted by Gasteiger charge is 2.27. The largest absolute Gasteiger partial charge is 0.481 e. The van der Waals surface area contributed by atoms with Crippen LogP contribution in [0.3, 0.4) is 0 Å². The fourth-order valence-corrected chi connectivity index (χ4v) is 4.47. The van der Waals surface area contributed by atoms with Crippen LogP contribution in [0, 0.1) is 17.8 Å². The van der Waals surface area contributed by atoms with E-state index in [1.807, 2.05) is 6.92 Å². The molecule has 4 heteroatoms. The molecule has 0 aromatic heterocycles. The Kier molecular flexibility index (Phi) is 19.9. The monoisotopic (exact) mass is 454 g/mol. The van der Waals surface area contributed by atoms with Gasteiger partial charge in [-0.2, -0.15) is 0 Å². The van der Waals surface area contributed by atoms with E-state index in [1.54, 1.807) is 0 Å². The third-order valence-electron chi connectivity index (χ3n) is 6.70. The van der Waals surface area contributed by atoms with E-state index >= 15 is 0 Å². The normalized spacial score (nSPS) is 14.3. The highest BCUT2D eigenvalue weighted by molar-refractivity contribution is 5.78. The smallest absolute Gasteiger partial charge is 0.307 e. The van der Waals surface area contributed by atoms with Crippen LogP contribution in [0.1, 0.15) is 144 Å². The van der Waals surface area contributed by atoms with E-state index in [-0.39, 0.29) is 18.5 Å². The lowest BCUT2D eigenvalue weighted by atomic mass is 9.89. The number of aliphatic carboxylic acids is 1. The van der Waals surface area contributed by atoms with Crippen LogP contribution in [0.2, 0.25) is 0 Å². The van der Waals surface area contributed by atoms with Gasteiger partial charge in [-0.1, -0.05) is 105 Å². The second-order valence-electron chi connectivity index (χ2n) is 10.2. The maximum absolute atomic E-state index is 12.6. The highest BCUT2D eigenvalue weighted by atomic mass is 16.5. The summed E-state index contributed by atoms with van der Waals surface area (Å²) in [5.74, 6) is -0.619. The third-order valence-corrected chi connectivity index (χ3v) is 6.70. The van der Waals surface area contributed by atoms with Gasteiger partial charge >= 0.3 is 11.9 Å². The highest BCUT2D eigenvalue weighted by Crippen LogP contribution is 2.26. The second-order valence-corrected chi connectivity index (χ2v) is 10.2. The summed E-state index contributed by atoms with van der Waals surface area (Å²) in [6.45, 7) is 11.0. The van der Waals surface area contributed by atoms with E-state index in [0.717, 1.165) is 57.3 Å². The summed E-state index contributed by atoms with van der Waals surface area (Å²) < 4.78 is 5.94. The number of carbonyl (C=O) groups is 2. The van der Waals surface area contributed by atoms with Crippen molar-refractivity contribution in [2.24, 2.45) is 17.8 Å². The summed E-state index contributed by atoms with van der Waals surface area (Å²) in [5, 5.41) is 9.45. The van der Waals surface area contributed by atoms with Crippen molar-refractivity contribution in [3.8, 4) is 0 Å². The molecule has 0 aromatic rings. The Morgan fingerprint density at radius 2 is 1.25 bits per heavy atom. The van der Waals surface area contributed by atoms with E-state index in [4.69, 9.17) is 4.74 Å². The molecule has 3 unspecified atom stereocenters. The van der Waals surface area contributed by atoms with Crippen molar-refractivity contribution in [2.75, 3.05) is 0 Å². The van der Waals surface area contributed by atoms with Crippen LogP contribution in [0.4, 0.5) is 0 Å². The van der Waals surface area contributed by atoms with Crippen molar-refractivity contribution < 1.29 is 19.4 Å². The van der Waals surface area contributed by atoms with E-state index in [2.05, 4.69) is 27.7 Å². The zero-order valence-corrected chi connectivity index (χ0v) is 22.0. The summed E-state index contributed by atoms with van der Waals surface area (Å²) in [6.07, 6.45) is 17.7. The summed E-state index contributed by atoms with van der Waals surface area (Å²) in [4.78, 5) is 24.1. The predicted octanol–water partition coefficient (Wildman–Crippen LogP) is 8.56. The molecule has 4 nitrogen and oxygen atoms in total. The SMILES string of the molecule is CCCCC(CC(=O)OC(CCCCCCCCCC(C)C)C(CC)CCCC)C(=O)O. The van der Waals surface area contributed by atoms with Crippen LogP contribution in [-0.4, -0.2) is 23.1 Å². The summed E-state index contributed by atoms with van der Waals surface area (Å²) in [6, 6.07) is 0. The molecule has 0 saturated heterocycles. The Bertz CT molecular complexity index is 460. The lowest BCUT2D eigenvalue weighted by Gasteiger charge is -2.27. The Balaban J connectivity index is 4.55. The van der Waals surface area contributed by atoms with Crippen molar-refractivity contribution >= 4 is 11.9 Å². The van der Waals surface area contributed by atoms with Gasteiger partial charge in [0.05, 0.1) is 12.3 Å². The predicted molar refractivity (Wildman–Crippen MR) is 135 cm³/mol. The minimum Gasteiger partial charge on any atom is -0.481 e. The fraction of sp³-hybridized carbons (Fsp3) is 0.929. The van der Waals surface area contributed by atoms with Crippen LogP contribution in [0.25, 0.3) is 0 Å². The van der Waals surface area contributed by atoms with Gasteiger partial charge in [0.2, 0.25) is 0 Å². The molecule has 0 saturated carbocycles. The molecule has 0 aliphatic heterocycles. The number of unbranched alkanes of at least 4 members (excludes halogenated alkanes) is 8. The molecule has 32 heavy (non-hydrogen) atoms. The molecule has 3 atom stereocenters. The van der Waals surface area contributed by atoms with Gasteiger partial charge in [0, 0.05) is 0 Å². The standard InChI is InChI=1S/C28H54O4/c1-6-9-19-24(8-3)26(21-17-15-13-11-12-14-16-18-23(4)5)32-27(29)22-25(28(30)31)20-10-7-2/h23-26H,6-22H2,1-5H3,(H,30,31). The zero-order valence-electron chi connectivity index (χ0n) is 22.0. The number of hydrogen-bond donors (Lipinski definition) is 1. The van der Waals surface area contributed by atoms with E-state index in [9.17, 15) is 14.7 Å². The number of ether oxygens (including phenoxy) is 1. The molecule has 0 bridgehead atoms. The quantitative estimate of drug-likeness (QED) is 0.131. The van der Waals surface area contributed by atoms with Crippen molar-refractivity contribution in [3.63, 3.8) is 0 Å². The first-order valence-corrected chi connectivity index (χ1v) is 13.8. The van der Waals surface area contributed by atoms with Gasteiger partial charge in [-0.3, -0.25) is 9.59 Å². The topological polar surface area (TPSA) is 63.6 Å². The molecule has 0 fully saturated rings. The van der Waals surface area contributed by atoms with Crippen molar-refractivity contribution in [1.82, 2.24) is 0 Å². The summed E-state index contributed by atoms with van der Waals surface area (Å²) in [7, 11) is 0. The first-order valence-electron chi connectivity index (χ1n) is 13.8. The van der Waals surface area contributed by atoms with Crippen LogP contribution >= 0.6 is 0 Å². The van der Waals surface area contributed by atoms with Gasteiger partial charge < -0.3 is 9.84 Å². The van der Waals surface area contributed by atoms with Crippen LogP contribution in [-0.2, 0) is 14.3 Å². The third kappa shape index (κ3) is 16.6. The van der Waals surface area contributed by atoms with Crippen LogP contribution in [0.15, 0.2) is 0 Å². The maximum Gasteiger partial charge on any atom is 0.307 e. The van der Waals surface area contributed by atoms with Crippen LogP contribution < -0.4 is 0 Å². The first kappa shape index (κ1) is 30.9.